The summed E-state index contributed by atoms with van der Waals surface area (Å²) in [6.07, 6.45) is 6.97. The Hall–Kier alpha value is -1.63. The van der Waals surface area contributed by atoms with E-state index in [-0.39, 0.29) is 23.5 Å². The van der Waals surface area contributed by atoms with Gasteiger partial charge < -0.3 is 10.2 Å². The van der Waals surface area contributed by atoms with Crippen molar-refractivity contribution in [3.63, 3.8) is 0 Å². The zero-order chi connectivity index (χ0) is 17.2. The molecule has 1 saturated heterocycles. The minimum atomic E-state index is -3.02. The number of sulfone groups is 1. The summed E-state index contributed by atoms with van der Waals surface area (Å²) >= 11 is 0. The molecule has 6 nitrogen and oxygen atoms in total. The summed E-state index contributed by atoms with van der Waals surface area (Å²) in [5.74, 6) is 0.0414. The molecule has 0 spiro atoms. The molecule has 0 bridgehead atoms. The zero-order valence-electron chi connectivity index (χ0n) is 14.1. The van der Waals surface area contributed by atoms with E-state index in [1.165, 1.54) is 12.8 Å². The standard InChI is InChI=1S/C17H25N3O3S/c1-2-20(15-8-10-24(22,23)12-15)17(21)16-11-14(7-9-18-16)19-13-5-3-4-6-13/h7,9,11,13,15H,2-6,8,10,12H2,1H3,(H,18,19). The van der Waals surface area contributed by atoms with Crippen LogP contribution in [0.5, 0.6) is 0 Å². The third-order valence-electron chi connectivity index (χ3n) is 4.96. The molecule has 24 heavy (non-hydrogen) atoms. The van der Waals surface area contributed by atoms with Crippen LogP contribution in [0.25, 0.3) is 0 Å². The highest BCUT2D eigenvalue weighted by atomic mass is 32.2. The minimum absolute atomic E-state index is 0.0621. The first-order chi connectivity index (χ1) is 11.5. The van der Waals surface area contributed by atoms with Crippen molar-refractivity contribution in [3.05, 3.63) is 24.0 Å². The third-order valence-corrected chi connectivity index (χ3v) is 6.71. The molecule has 2 heterocycles. The molecular formula is C17H25N3O3S. The van der Waals surface area contributed by atoms with Crippen LogP contribution in [0.3, 0.4) is 0 Å². The number of hydrogen-bond donors (Lipinski definition) is 1. The molecule has 2 aliphatic rings. The first kappa shape index (κ1) is 17.2. The molecule has 1 aliphatic heterocycles. The van der Waals surface area contributed by atoms with E-state index in [1.807, 2.05) is 13.0 Å². The molecule has 0 aromatic carbocycles. The fraction of sp³-hybridized carbons (Fsp3) is 0.647. The first-order valence-electron chi connectivity index (χ1n) is 8.72. The van der Waals surface area contributed by atoms with Crippen molar-refractivity contribution < 1.29 is 13.2 Å². The van der Waals surface area contributed by atoms with Crippen LogP contribution < -0.4 is 5.32 Å². The first-order valence-corrected chi connectivity index (χ1v) is 10.5. The molecule has 1 aromatic heterocycles. The van der Waals surface area contributed by atoms with E-state index < -0.39 is 9.84 Å². The Bertz CT molecular complexity index is 699. The summed E-state index contributed by atoms with van der Waals surface area (Å²) in [4.78, 5) is 18.7. The van der Waals surface area contributed by atoms with Gasteiger partial charge in [-0.15, -0.1) is 0 Å². The molecule has 1 unspecified atom stereocenters. The largest absolute Gasteiger partial charge is 0.382 e. The number of hydrogen-bond acceptors (Lipinski definition) is 5. The van der Waals surface area contributed by atoms with Gasteiger partial charge in [-0.2, -0.15) is 0 Å². The Labute approximate surface area is 143 Å². The highest BCUT2D eigenvalue weighted by Crippen LogP contribution is 2.23. The average molecular weight is 351 g/mol. The molecule has 1 N–H and O–H groups in total. The lowest BCUT2D eigenvalue weighted by atomic mass is 10.2. The van der Waals surface area contributed by atoms with Gasteiger partial charge >= 0.3 is 0 Å². The van der Waals surface area contributed by atoms with Gasteiger partial charge in [-0.05, 0) is 38.3 Å². The van der Waals surface area contributed by atoms with Crippen molar-refractivity contribution in [2.24, 2.45) is 0 Å². The molecule has 132 valence electrons. The number of carbonyl (C=O) groups is 1. The molecule has 1 amide bonds. The van der Waals surface area contributed by atoms with Gasteiger partial charge in [0.2, 0.25) is 0 Å². The van der Waals surface area contributed by atoms with Gasteiger partial charge in [-0.3, -0.25) is 9.78 Å². The van der Waals surface area contributed by atoms with Gasteiger partial charge in [-0.25, -0.2) is 8.42 Å². The summed E-state index contributed by atoms with van der Waals surface area (Å²) in [7, 11) is -3.02. The molecule has 3 rings (SSSR count). The lowest BCUT2D eigenvalue weighted by Crippen LogP contribution is -2.41. The Morgan fingerprint density at radius 3 is 2.71 bits per heavy atom. The zero-order valence-corrected chi connectivity index (χ0v) is 14.9. The predicted molar refractivity (Wildman–Crippen MR) is 93.9 cm³/mol. The number of nitrogens with one attached hydrogen (secondary N) is 1. The fourth-order valence-electron chi connectivity index (χ4n) is 3.68. The number of amides is 1. The van der Waals surface area contributed by atoms with E-state index in [1.54, 1.807) is 17.2 Å². The average Bonchev–Trinajstić information content (AvgIpc) is 3.18. The van der Waals surface area contributed by atoms with Gasteiger partial charge in [-0.1, -0.05) is 12.8 Å². The van der Waals surface area contributed by atoms with Crippen LogP contribution in [-0.2, 0) is 9.84 Å². The van der Waals surface area contributed by atoms with Crippen LogP contribution in [0, 0.1) is 0 Å². The summed E-state index contributed by atoms with van der Waals surface area (Å²) < 4.78 is 23.4. The summed E-state index contributed by atoms with van der Waals surface area (Å²) in [6, 6.07) is 3.90. The van der Waals surface area contributed by atoms with Crippen molar-refractivity contribution in [1.82, 2.24) is 9.88 Å². The van der Waals surface area contributed by atoms with E-state index >= 15 is 0 Å². The van der Waals surface area contributed by atoms with E-state index in [2.05, 4.69) is 10.3 Å². The van der Waals surface area contributed by atoms with Gasteiger partial charge in [0.05, 0.1) is 11.5 Å². The van der Waals surface area contributed by atoms with Gasteiger partial charge in [0.1, 0.15) is 5.69 Å². The minimum Gasteiger partial charge on any atom is -0.382 e. The lowest BCUT2D eigenvalue weighted by molar-refractivity contribution is 0.0702. The predicted octanol–water partition coefficient (Wildman–Crippen LogP) is 2.09. The summed E-state index contributed by atoms with van der Waals surface area (Å²) in [6.45, 7) is 2.37. The second-order valence-electron chi connectivity index (χ2n) is 6.70. The van der Waals surface area contributed by atoms with Gasteiger partial charge in [0, 0.05) is 30.5 Å². The van der Waals surface area contributed by atoms with Crippen LogP contribution in [-0.4, -0.2) is 54.3 Å². The molecule has 2 fully saturated rings. The Morgan fingerprint density at radius 2 is 2.08 bits per heavy atom. The van der Waals surface area contributed by atoms with Crippen LogP contribution in [0.4, 0.5) is 5.69 Å². The quantitative estimate of drug-likeness (QED) is 0.879. The van der Waals surface area contributed by atoms with Crippen molar-refractivity contribution in [2.45, 2.75) is 51.1 Å². The molecule has 1 aliphatic carbocycles. The molecule has 7 heteroatoms. The number of nitrogens with zero attached hydrogens (tertiary/aromatic N) is 2. The maximum atomic E-state index is 12.8. The van der Waals surface area contributed by atoms with Crippen molar-refractivity contribution in [2.75, 3.05) is 23.4 Å². The normalized spacial score (nSPS) is 23.3. The summed E-state index contributed by atoms with van der Waals surface area (Å²) in [5.41, 5.74) is 1.29. The van der Waals surface area contributed by atoms with Crippen molar-refractivity contribution in [3.8, 4) is 0 Å². The Morgan fingerprint density at radius 1 is 1.33 bits per heavy atom. The van der Waals surface area contributed by atoms with Crippen molar-refractivity contribution >= 4 is 21.4 Å². The number of carbonyl (C=O) groups excluding carboxylic acids is 1. The van der Waals surface area contributed by atoms with Crippen molar-refractivity contribution in [1.29, 1.82) is 0 Å². The fourth-order valence-corrected chi connectivity index (χ4v) is 5.41. The molecule has 1 aromatic rings. The van der Waals surface area contributed by atoms with Crippen LogP contribution in [0.15, 0.2) is 18.3 Å². The second-order valence-corrected chi connectivity index (χ2v) is 8.93. The number of rotatable bonds is 5. The molecule has 1 saturated carbocycles. The number of anilines is 1. The van der Waals surface area contributed by atoms with E-state index in [0.717, 1.165) is 18.5 Å². The topological polar surface area (TPSA) is 79.4 Å². The lowest BCUT2D eigenvalue weighted by Gasteiger charge is -2.26. The second kappa shape index (κ2) is 7.09. The Balaban J connectivity index is 1.73. The van der Waals surface area contributed by atoms with E-state index in [9.17, 15) is 13.2 Å². The maximum absolute atomic E-state index is 12.8. The van der Waals surface area contributed by atoms with Gasteiger partial charge in [0.15, 0.2) is 9.84 Å². The van der Waals surface area contributed by atoms with Gasteiger partial charge in [0.25, 0.3) is 5.91 Å². The molecular weight excluding hydrogens is 326 g/mol. The molecule has 1 atom stereocenters. The summed E-state index contributed by atoms with van der Waals surface area (Å²) in [5, 5.41) is 3.47. The smallest absolute Gasteiger partial charge is 0.272 e. The highest BCUT2D eigenvalue weighted by molar-refractivity contribution is 7.91. The van der Waals surface area contributed by atoms with E-state index in [0.29, 0.717) is 24.7 Å². The van der Waals surface area contributed by atoms with Crippen LogP contribution in [0.1, 0.15) is 49.5 Å². The monoisotopic (exact) mass is 351 g/mol. The maximum Gasteiger partial charge on any atom is 0.272 e. The Kier molecular flexibility index (Phi) is 5.08. The number of aromatic nitrogens is 1. The third kappa shape index (κ3) is 3.88. The van der Waals surface area contributed by atoms with Crippen LogP contribution >= 0.6 is 0 Å². The highest BCUT2D eigenvalue weighted by Gasteiger charge is 2.34. The molecule has 0 radical (unpaired) electrons. The van der Waals surface area contributed by atoms with Crippen LogP contribution in [0.2, 0.25) is 0 Å². The number of pyridine rings is 1. The SMILES string of the molecule is CCN(C(=O)c1cc(NC2CCCC2)ccn1)C1CCS(=O)(=O)C1. The van der Waals surface area contributed by atoms with E-state index in [4.69, 9.17) is 0 Å².